The maximum Gasteiger partial charge on any atom is 0.410 e. The summed E-state index contributed by atoms with van der Waals surface area (Å²) < 4.78 is 3.33. The summed E-state index contributed by atoms with van der Waals surface area (Å²) in [5, 5.41) is 0. The van der Waals surface area contributed by atoms with Gasteiger partial charge in [-0.05, 0) is 25.0 Å². The van der Waals surface area contributed by atoms with Crippen LogP contribution in [0.3, 0.4) is 0 Å². The lowest BCUT2D eigenvalue weighted by Crippen LogP contribution is -2.37. The second-order valence-electron chi connectivity index (χ2n) is 4.46. The van der Waals surface area contributed by atoms with Gasteiger partial charge in [-0.2, -0.15) is 0 Å². The summed E-state index contributed by atoms with van der Waals surface area (Å²) in [4.78, 5) is 26.6. The van der Waals surface area contributed by atoms with Crippen molar-refractivity contribution in [2.45, 2.75) is 23.7 Å². The van der Waals surface area contributed by atoms with Gasteiger partial charge >= 0.3 is 6.09 Å². The van der Waals surface area contributed by atoms with Crippen LogP contribution in [-0.2, 0) is 17.7 Å². The van der Waals surface area contributed by atoms with Crippen molar-refractivity contribution in [3.63, 3.8) is 0 Å². The third-order valence-electron chi connectivity index (χ3n) is 2.83. The van der Waals surface area contributed by atoms with Gasteiger partial charge in [0.05, 0.1) is 11.4 Å². The fraction of sp³-hybridized carbons (Fsp3) is 0.500. The molecule has 8 heteroatoms. The Kier molecular flexibility index (Phi) is 4.84. The fourth-order valence-electron chi connectivity index (χ4n) is 1.90. The minimum atomic E-state index is -1.61. The molecule has 0 unspecified atom stereocenters. The molecule has 0 aliphatic carbocycles. The predicted molar refractivity (Wildman–Crippen MR) is 80.1 cm³/mol. The van der Waals surface area contributed by atoms with E-state index < -0.39 is 9.89 Å². The highest BCUT2D eigenvalue weighted by Gasteiger charge is 2.27. The van der Waals surface area contributed by atoms with Crippen LogP contribution in [0.5, 0.6) is 0 Å². The highest BCUT2D eigenvalue weighted by atomic mass is 35.6. The normalized spacial score (nSPS) is 14.9. The van der Waals surface area contributed by atoms with Crippen LogP contribution >= 0.6 is 46.1 Å². The van der Waals surface area contributed by atoms with E-state index in [0.29, 0.717) is 24.4 Å². The lowest BCUT2D eigenvalue weighted by atomic mass is 10.1. The average molecular weight is 357 g/mol. The molecule has 0 saturated carbocycles. The number of hydrogen-bond donors (Lipinski definition) is 0. The van der Waals surface area contributed by atoms with Crippen molar-refractivity contribution < 1.29 is 14.3 Å². The molecule has 0 fully saturated rings. The number of ether oxygens (including phenoxy) is 1. The number of Topliss-reactive ketones (excluding diaryl/α,β-unsaturated/α-hetero) is 1. The molecule has 1 aromatic heterocycles. The summed E-state index contributed by atoms with van der Waals surface area (Å²) in [6.45, 7) is 2.19. The Hall–Kier alpha value is -0.490. The number of ketones is 1. The molecule has 1 aromatic rings. The maximum absolute atomic E-state index is 11.9. The Morgan fingerprint density at radius 3 is 2.75 bits per heavy atom. The van der Waals surface area contributed by atoms with Gasteiger partial charge in [0.25, 0.3) is 0 Å². The van der Waals surface area contributed by atoms with Gasteiger partial charge in [-0.1, -0.05) is 34.8 Å². The van der Waals surface area contributed by atoms with Crippen LogP contribution in [0, 0.1) is 0 Å². The third kappa shape index (κ3) is 4.01. The molecule has 1 aliphatic rings. The molecular weight excluding hydrogens is 345 g/mol. The zero-order chi connectivity index (χ0) is 14.9. The number of thiophene rings is 1. The second kappa shape index (κ2) is 6.10. The molecule has 110 valence electrons. The van der Waals surface area contributed by atoms with E-state index in [9.17, 15) is 9.59 Å². The summed E-state index contributed by atoms with van der Waals surface area (Å²) in [6, 6.07) is 1.83. The first-order valence-electron chi connectivity index (χ1n) is 5.87. The van der Waals surface area contributed by atoms with Crippen molar-refractivity contribution in [3.05, 3.63) is 21.4 Å². The number of rotatable bonds is 2. The first-order valence-corrected chi connectivity index (χ1v) is 7.82. The highest BCUT2D eigenvalue weighted by molar-refractivity contribution is 7.14. The van der Waals surface area contributed by atoms with Crippen LogP contribution in [0.15, 0.2) is 6.07 Å². The topological polar surface area (TPSA) is 46.6 Å². The SMILES string of the molecule is CC(=O)c1cc2c(s1)CCN(C(=O)OCC(Cl)(Cl)Cl)C2. The third-order valence-corrected chi connectivity index (χ3v) is 4.50. The summed E-state index contributed by atoms with van der Waals surface area (Å²) >= 11 is 18.1. The quantitative estimate of drug-likeness (QED) is 0.598. The van der Waals surface area contributed by atoms with Gasteiger partial charge in [-0.3, -0.25) is 4.79 Å². The number of carbonyl (C=O) groups is 2. The first-order chi connectivity index (χ1) is 9.26. The van der Waals surface area contributed by atoms with E-state index in [2.05, 4.69) is 0 Å². The molecule has 0 radical (unpaired) electrons. The molecule has 1 aliphatic heterocycles. The molecule has 0 aromatic carbocycles. The molecule has 2 heterocycles. The van der Waals surface area contributed by atoms with E-state index in [1.165, 1.54) is 23.2 Å². The van der Waals surface area contributed by atoms with Gasteiger partial charge in [-0.25, -0.2) is 4.79 Å². The van der Waals surface area contributed by atoms with E-state index in [1.807, 2.05) is 6.07 Å². The van der Waals surface area contributed by atoms with Gasteiger partial charge in [0.1, 0.15) is 6.61 Å². The summed E-state index contributed by atoms with van der Waals surface area (Å²) in [6.07, 6.45) is 0.188. The number of amides is 1. The molecule has 0 saturated heterocycles. The van der Waals surface area contributed by atoms with E-state index in [4.69, 9.17) is 39.5 Å². The number of carbonyl (C=O) groups excluding carboxylic acids is 2. The number of halogens is 3. The monoisotopic (exact) mass is 355 g/mol. The Balaban J connectivity index is 2.00. The average Bonchev–Trinajstić information content (AvgIpc) is 2.77. The summed E-state index contributed by atoms with van der Waals surface area (Å²) in [5.41, 5.74) is 0.984. The van der Waals surface area contributed by atoms with Crippen molar-refractivity contribution in [2.75, 3.05) is 13.2 Å². The van der Waals surface area contributed by atoms with Gasteiger partial charge in [0.15, 0.2) is 5.78 Å². The minimum Gasteiger partial charge on any atom is -0.445 e. The van der Waals surface area contributed by atoms with E-state index >= 15 is 0 Å². The molecule has 2 rings (SSSR count). The smallest absolute Gasteiger partial charge is 0.410 e. The predicted octanol–water partition coefficient (Wildman–Crippen LogP) is 3.82. The van der Waals surface area contributed by atoms with Gasteiger partial charge < -0.3 is 9.64 Å². The molecule has 0 bridgehead atoms. The minimum absolute atomic E-state index is 0.0368. The van der Waals surface area contributed by atoms with Crippen molar-refractivity contribution >= 4 is 58.0 Å². The molecule has 4 nitrogen and oxygen atoms in total. The fourth-order valence-corrected chi connectivity index (χ4v) is 3.12. The zero-order valence-electron chi connectivity index (χ0n) is 10.6. The Morgan fingerprint density at radius 2 is 2.15 bits per heavy atom. The van der Waals surface area contributed by atoms with Crippen LogP contribution in [0.2, 0.25) is 0 Å². The molecule has 0 N–H and O–H groups in total. The maximum atomic E-state index is 11.9. The highest BCUT2D eigenvalue weighted by Crippen LogP contribution is 2.30. The number of hydrogen-bond acceptors (Lipinski definition) is 4. The van der Waals surface area contributed by atoms with Gasteiger partial charge in [0, 0.05) is 11.4 Å². The molecule has 1 amide bonds. The molecule has 0 atom stereocenters. The molecule has 0 spiro atoms. The van der Waals surface area contributed by atoms with Crippen molar-refractivity contribution in [3.8, 4) is 0 Å². The van der Waals surface area contributed by atoms with Crippen LogP contribution in [0.1, 0.15) is 27.0 Å². The Labute approximate surface area is 135 Å². The van der Waals surface area contributed by atoms with Crippen molar-refractivity contribution in [2.24, 2.45) is 0 Å². The van der Waals surface area contributed by atoms with Gasteiger partial charge in [0.2, 0.25) is 3.79 Å². The van der Waals surface area contributed by atoms with E-state index in [1.54, 1.807) is 0 Å². The van der Waals surface area contributed by atoms with Crippen molar-refractivity contribution in [1.82, 2.24) is 4.90 Å². The van der Waals surface area contributed by atoms with Gasteiger partial charge in [-0.15, -0.1) is 11.3 Å². The Bertz CT molecular complexity index is 539. The lowest BCUT2D eigenvalue weighted by molar-refractivity contribution is 0.0997. The number of alkyl halides is 3. The summed E-state index contributed by atoms with van der Waals surface area (Å²) in [5.74, 6) is 0.0368. The number of fused-ring (bicyclic) bond motifs is 1. The van der Waals surface area contributed by atoms with Crippen LogP contribution in [-0.4, -0.2) is 33.7 Å². The van der Waals surface area contributed by atoms with E-state index in [-0.39, 0.29) is 12.4 Å². The molecular formula is C12H12Cl3NO3S. The second-order valence-corrected chi connectivity index (χ2v) is 8.11. The largest absolute Gasteiger partial charge is 0.445 e. The molecule has 20 heavy (non-hydrogen) atoms. The summed E-state index contributed by atoms with van der Waals surface area (Å²) in [7, 11) is 0. The zero-order valence-corrected chi connectivity index (χ0v) is 13.7. The van der Waals surface area contributed by atoms with Crippen LogP contribution < -0.4 is 0 Å². The van der Waals surface area contributed by atoms with Crippen LogP contribution in [0.4, 0.5) is 4.79 Å². The van der Waals surface area contributed by atoms with Crippen LogP contribution in [0.25, 0.3) is 0 Å². The standard InChI is InChI=1S/C12H12Cl3NO3S/c1-7(17)10-4-8-5-16(3-2-9(8)20-10)11(18)19-6-12(13,14)15/h4H,2-3,5-6H2,1H3. The Morgan fingerprint density at radius 1 is 1.45 bits per heavy atom. The lowest BCUT2D eigenvalue weighted by Gasteiger charge is -2.26. The van der Waals surface area contributed by atoms with E-state index in [0.717, 1.165) is 10.4 Å². The van der Waals surface area contributed by atoms with Crippen molar-refractivity contribution in [1.29, 1.82) is 0 Å². The number of nitrogens with zero attached hydrogens (tertiary/aromatic N) is 1. The first kappa shape index (κ1) is 15.9.